The summed E-state index contributed by atoms with van der Waals surface area (Å²) in [6.07, 6.45) is 2.63. The fourth-order valence-electron chi connectivity index (χ4n) is 5.14. The molecule has 36 heavy (non-hydrogen) atoms. The number of fused-ring (bicyclic) bond motifs is 1. The van der Waals surface area contributed by atoms with Crippen LogP contribution in [-0.2, 0) is 6.54 Å². The summed E-state index contributed by atoms with van der Waals surface area (Å²) < 4.78 is 19.9. The van der Waals surface area contributed by atoms with Crippen molar-refractivity contribution in [1.82, 2.24) is 25.4 Å². The molecule has 186 valence electrons. The van der Waals surface area contributed by atoms with Gasteiger partial charge in [-0.25, -0.2) is 4.39 Å². The Kier molecular flexibility index (Phi) is 6.69. The van der Waals surface area contributed by atoms with Crippen molar-refractivity contribution in [3.63, 3.8) is 0 Å². The van der Waals surface area contributed by atoms with Crippen LogP contribution in [-0.4, -0.2) is 52.2 Å². The third kappa shape index (κ3) is 4.95. The molecule has 1 amide bonds. The molecule has 3 heterocycles. The van der Waals surface area contributed by atoms with Crippen LogP contribution in [0.4, 0.5) is 4.39 Å². The van der Waals surface area contributed by atoms with Crippen LogP contribution in [0.1, 0.15) is 35.0 Å². The van der Waals surface area contributed by atoms with E-state index in [0.29, 0.717) is 35.9 Å². The van der Waals surface area contributed by atoms with Crippen molar-refractivity contribution in [2.75, 3.05) is 20.2 Å². The van der Waals surface area contributed by atoms with E-state index in [1.54, 1.807) is 25.4 Å². The number of carbonyl (C=O) groups is 1. The van der Waals surface area contributed by atoms with E-state index in [0.717, 1.165) is 40.8 Å². The van der Waals surface area contributed by atoms with Crippen molar-refractivity contribution < 1.29 is 13.9 Å². The van der Waals surface area contributed by atoms with Gasteiger partial charge in [0.25, 0.3) is 5.91 Å². The van der Waals surface area contributed by atoms with Crippen molar-refractivity contribution in [1.29, 1.82) is 0 Å². The Morgan fingerprint density at radius 3 is 2.89 bits per heavy atom. The zero-order valence-corrected chi connectivity index (χ0v) is 20.7. The lowest BCUT2D eigenvalue weighted by molar-refractivity contribution is 0.0868. The molecule has 2 aromatic heterocycles. The summed E-state index contributed by atoms with van der Waals surface area (Å²) in [5.41, 5.74) is 4.64. The maximum absolute atomic E-state index is 14.5. The van der Waals surface area contributed by atoms with E-state index in [1.165, 1.54) is 6.07 Å². The molecular formula is C28H30FN5O2. The third-order valence-corrected chi connectivity index (χ3v) is 6.74. The first-order valence-electron chi connectivity index (χ1n) is 12.2. The number of benzene rings is 2. The predicted molar refractivity (Wildman–Crippen MR) is 137 cm³/mol. The van der Waals surface area contributed by atoms with Crippen molar-refractivity contribution in [3.05, 3.63) is 77.4 Å². The van der Waals surface area contributed by atoms with Gasteiger partial charge in [-0.05, 0) is 61.7 Å². The van der Waals surface area contributed by atoms with E-state index in [2.05, 4.69) is 32.3 Å². The summed E-state index contributed by atoms with van der Waals surface area (Å²) >= 11 is 0. The van der Waals surface area contributed by atoms with Crippen molar-refractivity contribution in [2.45, 2.75) is 32.9 Å². The maximum Gasteiger partial charge on any atom is 0.251 e. The van der Waals surface area contributed by atoms with Crippen LogP contribution >= 0.6 is 0 Å². The van der Waals surface area contributed by atoms with Crippen LogP contribution in [0.25, 0.3) is 22.2 Å². The first kappa shape index (κ1) is 23.9. The Balaban J connectivity index is 1.33. The number of ether oxygens (including phenoxy) is 1. The van der Waals surface area contributed by atoms with Crippen LogP contribution in [0.5, 0.6) is 5.75 Å². The van der Waals surface area contributed by atoms with Gasteiger partial charge in [0.05, 0.1) is 12.6 Å². The summed E-state index contributed by atoms with van der Waals surface area (Å²) in [6, 6.07) is 14.3. The van der Waals surface area contributed by atoms with Gasteiger partial charge in [0.2, 0.25) is 0 Å². The normalized spacial score (nSPS) is 18.3. The number of methoxy groups -OCH3 is 1. The molecule has 2 N–H and O–H groups in total. The molecule has 0 radical (unpaired) electrons. The van der Waals surface area contributed by atoms with Gasteiger partial charge in [-0.15, -0.1) is 0 Å². The number of halogens is 1. The van der Waals surface area contributed by atoms with Crippen LogP contribution in [0.15, 0.2) is 54.7 Å². The maximum atomic E-state index is 14.5. The molecule has 7 nitrogen and oxygen atoms in total. The van der Waals surface area contributed by atoms with E-state index in [-0.39, 0.29) is 17.8 Å². The van der Waals surface area contributed by atoms with E-state index in [9.17, 15) is 9.18 Å². The molecule has 1 aliphatic rings. The largest absolute Gasteiger partial charge is 0.496 e. The molecule has 5 rings (SSSR count). The van der Waals surface area contributed by atoms with Gasteiger partial charge in [-0.2, -0.15) is 5.10 Å². The number of nitrogens with zero attached hydrogens (tertiary/aromatic N) is 3. The number of pyridine rings is 1. The van der Waals surface area contributed by atoms with Crippen LogP contribution in [0, 0.1) is 18.7 Å². The second-order valence-electron chi connectivity index (χ2n) is 9.64. The second-order valence-corrected chi connectivity index (χ2v) is 9.64. The molecule has 4 aromatic rings. The lowest BCUT2D eigenvalue weighted by atomic mass is 9.95. The third-order valence-electron chi connectivity index (χ3n) is 6.74. The number of carbonyl (C=O) groups excluding carboxylic acids is 1. The zero-order valence-electron chi connectivity index (χ0n) is 20.7. The van der Waals surface area contributed by atoms with Gasteiger partial charge in [-0.1, -0.05) is 13.0 Å². The molecule has 0 saturated carbocycles. The lowest BCUT2D eigenvalue weighted by Gasteiger charge is -2.37. The minimum Gasteiger partial charge on any atom is -0.496 e. The number of H-pyrrole nitrogens is 1. The fraction of sp³-hybridized carbons (Fsp3) is 0.321. The van der Waals surface area contributed by atoms with Gasteiger partial charge in [0, 0.05) is 59.6 Å². The van der Waals surface area contributed by atoms with Crippen molar-refractivity contribution in [3.8, 4) is 17.0 Å². The van der Waals surface area contributed by atoms with Crippen molar-refractivity contribution in [2.24, 2.45) is 5.92 Å². The zero-order chi connectivity index (χ0) is 25.2. The molecule has 0 aliphatic carbocycles. The molecule has 1 saturated heterocycles. The average molecular weight is 488 g/mol. The Hall–Kier alpha value is -3.78. The number of hydrogen-bond acceptors (Lipinski definition) is 5. The number of amides is 1. The summed E-state index contributed by atoms with van der Waals surface area (Å²) in [5, 5.41) is 11.6. The number of piperidine rings is 1. The van der Waals surface area contributed by atoms with Crippen molar-refractivity contribution >= 4 is 16.8 Å². The second kappa shape index (κ2) is 10.1. The smallest absolute Gasteiger partial charge is 0.251 e. The lowest BCUT2D eigenvalue weighted by Crippen LogP contribution is -2.50. The first-order valence-corrected chi connectivity index (χ1v) is 12.2. The topological polar surface area (TPSA) is 83.1 Å². The molecule has 8 heteroatoms. The molecule has 0 spiro atoms. The molecule has 2 aromatic carbocycles. The van der Waals surface area contributed by atoms with E-state index in [4.69, 9.17) is 4.74 Å². The summed E-state index contributed by atoms with van der Waals surface area (Å²) in [5.74, 6) is 0.501. The summed E-state index contributed by atoms with van der Waals surface area (Å²) in [7, 11) is 1.55. The molecule has 2 atom stereocenters. The minimum absolute atomic E-state index is 0.0404. The highest BCUT2D eigenvalue weighted by Gasteiger charge is 2.27. The van der Waals surface area contributed by atoms with Gasteiger partial charge in [0.15, 0.2) is 0 Å². The number of aromatic nitrogens is 3. The van der Waals surface area contributed by atoms with Gasteiger partial charge < -0.3 is 10.1 Å². The Morgan fingerprint density at radius 1 is 1.22 bits per heavy atom. The first-order chi connectivity index (χ1) is 17.4. The van der Waals surface area contributed by atoms with E-state index in [1.807, 2.05) is 37.3 Å². The Morgan fingerprint density at radius 2 is 2.08 bits per heavy atom. The minimum atomic E-state index is -0.276. The highest BCUT2D eigenvalue weighted by molar-refractivity contribution is 6.01. The number of hydrogen-bond donors (Lipinski definition) is 2. The number of aryl methyl sites for hydroxylation is 1. The van der Waals surface area contributed by atoms with E-state index >= 15 is 0 Å². The molecule has 1 aliphatic heterocycles. The van der Waals surface area contributed by atoms with E-state index < -0.39 is 0 Å². The van der Waals surface area contributed by atoms with Crippen LogP contribution in [0.2, 0.25) is 0 Å². The number of rotatable bonds is 6. The van der Waals surface area contributed by atoms with Crippen LogP contribution < -0.4 is 10.1 Å². The SMILES string of the molecule is COc1cccc(F)c1CN1C[C@H](C)C[C@@H](NC(=O)c2ccc3[nH]nc(-c4ccnc(C)c4)c3c2)C1. The fourth-order valence-corrected chi connectivity index (χ4v) is 5.14. The van der Waals surface area contributed by atoms with Gasteiger partial charge >= 0.3 is 0 Å². The summed E-state index contributed by atoms with van der Waals surface area (Å²) in [4.78, 5) is 19.7. The highest BCUT2D eigenvalue weighted by Crippen LogP contribution is 2.28. The standard InChI is InChI=1S/C28H30FN5O2/c1-17-11-21(15-34(14-17)16-23-24(29)5-4-6-26(23)36-3)31-28(35)20-7-8-25-22(13-20)27(33-32-25)19-9-10-30-18(2)12-19/h4-10,12-13,17,21H,11,14-16H2,1-3H3,(H,31,35)(H,32,33)/t17-,21-/m1/s1. The molecule has 1 fully saturated rings. The molecule has 0 bridgehead atoms. The average Bonchev–Trinajstić information content (AvgIpc) is 3.28. The number of likely N-dealkylation sites (tertiary alicyclic amines) is 1. The number of aromatic amines is 1. The quantitative estimate of drug-likeness (QED) is 0.411. The monoisotopic (exact) mass is 487 g/mol. The molecular weight excluding hydrogens is 457 g/mol. The highest BCUT2D eigenvalue weighted by atomic mass is 19.1. The van der Waals surface area contributed by atoms with Gasteiger partial charge in [-0.3, -0.25) is 19.8 Å². The number of nitrogens with one attached hydrogen (secondary N) is 2. The summed E-state index contributed by atoms with van der Waals surface area (Å²) in [6.45, 7) is 6.00. The molecule has 0 unspecified atom stereocenters. The van der Waals surface area contributed by atoms with Crippen LogP contribution in [0.3, 0.4) is 0 Å². The van der Waals surface area contributed by atoms with Gasteiger partial charge in [0.1, 0.15) is 17.3 Å². The Labute approximate surface area is 209 Å². The Bertz CT molecular complexity index is 1400. The predicted octanol–water partition coefficient (Wildman–Crippen LogP) is 4.72.